The molecule has 0 aromatic carbocycles. The van der Waals surface area contributed by atoms with E-state index in [2.05, 4.69) is 47.8 Å². The number of hydrogen-bond acceptors (Lipinski definition) is 1. The lowest BCUT2D eigenvalue weighted by Gasteiger charge is -2.15. The number of nitrogens with zero attached hydrogens (tertiary/aromatic N) is 1. The molecule has 0 rings (SSSR count). The Balaban J connectivity index is 3.30. The van der Waals surface area contributed by atoms with Crippen LogP contribution in [0.5, 0.6) is 0 Å². The Morgan fingerprint density at radius 3 is 1.30 bits per heavy atom. The van der Waals surface area contributed by atoms with Crippen LogP contribution in [0.3, 0.4) is 0 Å². The predicted molar refractivity (Wildman–Crippen MR) is 60.5 cm³/mol. The highest BCUT2D eigenvalue weighted by atomic mass is 79.9. The number of rotatable bonds is 6. The second kappa shape index (κ2) is 8.69. The monoisotopic (exact) mass is 326 g/mol. The summed E-state index contributed by atoms with van der Waals surface area (Å²) in [4.78, 5) is 0. The number of hydrogen-bond donors (Lipinski definition) is 0. The van der Waals surface area contributed by atoms with Crippen molar-refractivity contribution in [2.45, 2.75) is 0 Å². The lowest BCUT2D eigenvalue weighted by atomic mass is 9.69. The first-order chi connectivity index (χ1) is 4.85. The summed E-state index contributed by atoms with van der Waals surface area (Å²) < 4.78 is 2.03. The molecule has 0 unspecified atom stereocenters. The average molecular weight is 328 g/mol. The first-order valence-electron chi connectivity index (χ1n) is 2.80. The fourth-order valence-corrected chi connectivity index (χ4v) is 1.47. The molecule has 7 heteroatoms. The van der Waals surface area contributed by atoms with Crippen molar-refractivity contribution in [2.75, 3.05) is 15.7 Å². The second-order valence-corrected chi connectivity index (χ2v) is 3.40. The van der Waals surface area contributed by atoms with Gasteiger partial charge in [-0.1, -0.05) is 0 Å². The Bertz CT molecular complexity index is 61.7. The van der Waals surface area contributed by atoms with Gasteiger partial charge in [0.05, 0.1) is 0 Å². The highest BCUT2D eigenvalue weighted by Gasteiger charge is 2.04. The first kappa shape index (κ1) is 11.6. The van der Waals surface area contributed by atoms with Crippen molar-refractivity contribution in [3.63, 3.8) is 0 Å². The lowest BCUT2D eigenvalue weighted by molar-refractivity contribution is 1.09. The Kier molecular flexibility index (Phi) is 10.1. The zero-order valence-corrected chi connectivity index (χ0v) is 10.2. The van der Waals surface area contributed by atoms with Gasteiger partial charge in [0.25, 0.3) is 0 Å². The van der Waals surface area contributed by atoms with Gasteiger partial charge in [0.2, 0.25) is 0 Å². The van der Waals surface area contributed by atoms with Crippen LogP contribution < -0.4 is 0 Å². The van der Waals surface area contributed by atoms with E-state index < -0.39 is 0 Å². The van der Waals surface area contributed by atoms with Crippen LogP contribution in [0.1, 0.15) is 0 Å². The van der Waals surface area contributed by atoms with Crippen LogP contribution in [-0.2, 0) is 0 Å². The number of alkyl halides is 3. The molecule has 0 bridgehead atoms. The minimum absolute atomic E-state index is 0.875. The Morgan fingerprint density at radius 2 is 1.10 bits per heavy atom. The van der Waals surface area contributed by atoms with Crippen molar-refractivity contribution >= 4 is 70.0 Å². The molecule has 1 nitrogen and oxygen atoms in total. The third-order valence-corrected chi connectivity index (χ3v) is 1.71. The maximum atomic E-state index is 3.32. The third kappa shape index (κ3) is 6.31. The smallest absolute Gasteiger partial charge is 0.195 e. The van der Waals surface area contributed by atoms with Gasteiger partial charge in [-0.2, -0.15) is 0 Å². The molecule has 0 aromatic rings. The molecule has 3 radical (unpaired) electrons. The van der Waals surface area contributed by atoms with E-state index in [1.54, 1.807) is 0 Å². The minimum atomic E-state index is 0.875. The van der Waals surface area contributed by atoms with Crippen LogP contribution in [0.4, 0.5) is 0 Å². The molecule has 0 aliphatic heterocycles. The average Bonchev–Trinajstić information content (AvgIpc) is 1.90. The largest absolute Gasteiger partial charge is 0.439 e. The molecule has 0 fully saturated rings. The molecule has 0 saturated carbocycles. The molecule has 10 heavy (non-hydrogen) atoms. The van der Waals surface area contributed by atoms with E-state index in [-0.39, 0.29) is 0 Å². The Labute approximate surface area is 89.9 Å². The molecule has 0 atom stereocenters. The Hall–Kier alpha value is 1.59. The molecule has 0 saturated heterocycles. The van der Waals surface area contributed by atoms with E-state index in [0.29, 0.717) is 0 Å². The lowest BCUT2D eigenvalue weighted by Crippen LogP contribution is -2.37. The topological polar surface area (TPSA) is 3.24 Å². The van der Waals surface area contributed by atoms with Crippen molar-refractivity contribution < 1.29 is 0 Å². The maximum Gasteiger partial charge on any atom is 0.195 e. The summed E-state index contributed by atoms with van der Waals surface area (Å²) in [5.74, 6) is 0. The SMILES string of the molecule is BrC[B]N([B]CBr)[B]CBr. The summed E-state index contributed by atoms with van der Waals surface area (Å²) in [7, 11) is 6.13. The molecule has 0 N–H and O–H groups in total. The maximum absolute atomic E-state index is 3.32. The summed E-state index contributed by atoms with van der Waals surface area (Å²) >= 11 is 9.97. The van der Waals surface area contributed by atoms with Crippen molar-refractivity contribution in [2.24, 2.45) is 0 Å². The van der Waals surface area contributed by atoms with Crippen LogP contribution in [0.2, 0.25) is 0 Å². The fraction of sp³-hybridized carbons (Fsp3) is 1.00. The van der Waals surface area contributed by atoms with Gasteiger partial charge < -0.3 is 4.63 Å². The second-order valence-electron chi connectivity index (χ2n) is 1.46. The zero-order valence-electron chi connectivity index (χ0n) is 5.43. The minimum Gasteiger partial charge on any atom is -0.439 e. The van der Waals surface area contributed by atoms with Gasteiger partial charge in [-0.05, 0) is 15.7 Å². The predicted octanol–water partition coefficient (Wildman–Crippen LogP) is 1.20. The van der Waals surface area contributed by atoms with Gasteiger partial charge in [0.15, 0.2) is 22.2 Å². The number of halogens is 3. The summed E-state index contributed by atoms with van der Waals surface area (Å²) in [5, 5.41) is 2.62. The van der Waals surface area contributed by atoms with Crippen LogP contribution in [-0.4, -0.2) is 42.6 Å². The molecule has 0 aliphatic carbocycles. The van der Waals surface area contributed by atoms with Gasteiger partial charge in [0.1, 0.15) is 0 Å². The van der Waals surface area contributed by atoms with Crippen molar-refractivity contribution in [3.8, 4) is 0 Å². The highest BCUT2D eigenvalue weighted by Crippen LogP contribution is 1.89. The quantitative estimate of drug-likeness (QED) is 0.523. The van der Waals surface area contributed by atoms with Crippen LogP contribution >= 0.6 is 47.8 Å². The van der Waals surface area contributed by atoms with E-state index in [0.717, 1.165) is 15.7 Å². The van der Waals surface area contributed by atoms with Crippen molar-refractivity contribution in [1.29, 1.82) is 0 Å². The molecule has 0 amide bonds. The molecular formula is C3H6B3Br3N. The normalized spacial score (nSPS) is 9.60. The molecule has 0 spiro atoms. The highest BCUT2D eigenvalue weighted by molar-refractivity contribution is 9.10. The van der Waals surface area contributed by atoms with Gasteiger partial charge >= 0.3 is 0 Å². The van der Waals surface area contributed by atoms with Crippen molar-refractivity contribution in [3.05, 3.63) is 0 Å². The first-order valence-corrected chi connectivity index (χ1v) is 6.17. The van der Waals surface area contributed by atoms with Gasteiger partial charge in [0, 0.05) is 0 Å². The summed E-state index contributed by atoms with van der Waals surface area (Å²) in [5.41, 5.74) is 0. The van der Waals surface area contributed by atoms with E-state index in [4.69, 9.17) is 0 Å². The van der Waals surface area contributed by atoms with E-state index in [9.17, 15) is 0 Å². The summed E-state index contributed by atoms with van der Waals surface area (Å²) in [6.45, 7) is 0. The van der Waals surface area contributed by atoms with Crippen LogP contribution in [0.25, 0.3) is 0 Å². The molecule has 0 aromatic heterocycles. The third-order valence-electron chi connectivity index (χ3n) is 0.839. The van der Waals surface area contributed by atoms with Gasteiger partial charge in [-0.3, -0.25) is 0 Å². The Morgan fingerprint density at radius 1 is 0.800 bits per heavy atom. The van der Waals surface area contributed by atoms with E-state index in [1.807, 2.05) is 26.9 Å². The standard InChI is InChI=1S/C3H6B3Br3N/c7-1-4-10(5-2-8)6-3-9/h1-3H2. The van der Waals surface area contributed by atoms with Gasteiger partial charge in [-0.15, -0.1) is 47.8 Å². The van der Waals surface area contributed by atoms with Gasteiger partial charge in [-0.25, -0.2) is 0 Å². The molecule has 53 valence electrons. The van der Waals surface area contributed by atoms with Crippen molar-refractivity contribution in [1.82, 2.24) is 4.63 Å². The summed E-state index contributed by atoms with van der Waals surface area (Å²) in [6.07, 6.45) is 0. The molecule has 0 heterocycles. The van der Waals surface area contributed by atoms with Crippen LogP contribution in [0.15, 0.2) is 0 Å². The van der Waals surface area contributed by atoms with E-state index in [1.165, 1.54) is 0 Å². The van der Waals surface area contributed by atoms with E-state index >= 15 is 0 Å². The zero-order chi connectivity index (χ0) is 7.82. The summed E-state index contributed by atoms with van der Waals surface area (Å²) in [6, 6.07) is 0. The molecule has 0 aliphatic rings. The molecular weight excluding hydrogens is 322 g/mol. The van der Waals surface area contributed by atoms with Crippen LogP contribution in [0, 0.1) is 0 Å². The fourth-order valence-electron chi connectivity index (χ4n) is 0.463.